The summed E-state index contributed by atoms with van der Waals surface area (Å²) in [5.74, 6) is 0.759. The number of amides is 1. The number of fused-ring (bicyclic) bond motifs is 2. The van der Waals surface area contributed by atoms with E-state index in [1.807, 2.05) is 39.2 Å². The Hall–Kier alpha value is -2.90. The zero-order valence-corrected chi connectivity index (χ0v) is 20.1. The van der Waals surface area contributed by atoms with Crippen molar-refractivity contribution < 1.29 is 13.9 Å². The highest BCUT2D eigenvalue weighted by molar-refractivity contribution is 7.22. The molecule has 4 rings (SSSR count). The maximum absolute atomic E-state index is 13.6. The average molecular weight is 452 g/mol. The molecule has 0 fully saturated rings. The minimum atomic E-state index is -0.184. The summed E-state index contributed by atoms with van der Waals surface area (Å²) in [6, 6.07) is 11.7. The molecule has 168 valence electrons. The lowest BCUT2D eigenvalue weighted by molar-refractivity contribution is 0.0961. The highest BCUT2D eigenvalue weighted by Crippen LogP contribution is 2.34. The zero-order chi connectivity index (χ0) is 22.8. The maximum Gasteiger partial charge on any atom is 0.295 e. The van der Waals surface area contributed by atoms with E-state index in [4.69, 9.17) is 14.1 Å². The molecule has 0 N–H and O–H groups in total. The van der Waals surface area contributed by atoms with Gasteiger partial charge in [0.15, 0.2) is 22.2 Å². The van der Waals surface area contributed by atoms with Gasteiger partial charge in [-0.2, -0.15) is 0 Å². The Morgan fingerprint density at radius 2 is 1.97 bits per heavy atom. The Labute approximate surface area is 192 Å². The van der Waals surface area contributed by atoms with Gasteiger partial charge in [-0.15, -0.1) is 0 Å². The zero-order valence-electron chi connectivity index (χ0n) is 19.3. The van der Waals surface area contributed by atoms with E-state index in [9.17, 15) is 4.79 Å². The SMILES string of the molecule is CCOc1cccc2cc(C(=O)N(CCCN(C)C)c3nc4c(C)cc(C)cc4s3)oc12. The molecule has 0 saturated carbocycles. The molecule has 0 aliphatic carbocycles. The number of anilines is 1. The summed E-state index contributed by atoms with van der Waals surface area (Å²) >= 11 is 1.55. The molecule has 4 aromatic rings. The predicted octanol–water partition coefficient (Wildman–Crippen LogP) is 5.66. The third kappa shape index (κ3) is 4.49. The quantitative estimate of drug-likeness (QED) is 0.346. The van der Waals surface area contributed by atoms with E-state index in [0.29, 0.717) is 35.4 Å². The molecular formula is C25H29N3O3S. The van der Waals surface area contributed by atoms with Crippen LogP contribution in [0.5, 0.6) is 5.75 Å². The second-order valence-electron chi connectivity index (χ2n) is 8.26. The predicted molar refractivity (Wildman–Crippen MR) is 131 cm³/mol. The largest absolute Gasteiger partial charge is 0.490 e. The number of rotatable bonds is 8. The summed E-state index contributed by atoms with van der Waals surface area (Å²) in [5, 5.41) is 1.55. The number of benzene rings is 2. The minimum Gasteiger partial charge on any atom is -0.490 e. The van der Waals surface area contributed by atoms with Crippen LogP contribution < -0.4 is 9.64 Å². The Morgan fingerprint density at radius 3 is 2.72 bits per heavy atom. The summed E-state index contributed by atoms with van der Waals surface area (Å²) in [7, 11) is 4.06. The summed E-state index contributed by atoms with van der Waals surface area (Å²) in [5.41, 5.74) is 3.86. The summed E-state index contributed by atoms with van der Waals surface area (Å²) < 4.78 is 12.8. The van der Waals surface area contributed by atoms with Gasteiger partial charge in [-0.1, -0.05) is 29.5 Å². The first kappa shape index (κ1) is 22.3. The number of carbonyl (C=O) groups excluding carboxylic acids is 1. The van der Waals surface area contributed by atoms with Gasteiger partial charge in [0.1, 0.15) is 0 Å². The van der Waals surface area contributed by atoms with E-state index in [1.54, 1.807) is 22.3 Å². The van der Waals surface area contributed by atoms with Crippen LogP contribution in [0, 0.1) is 13.8 Å². The van der Waals surface area contributed by atoms with Crippen LogP contribution in [0.3, 0.4) is 0 Å². The van der Waals surface area contributed by atoms with Crippen LogP contribution in [0.25, 0.3) is 21.2 Å². The van der Waals surface area contributed by atoms with E-state index >= 15 is 0 Å². The third-order valence-corrected chi connectivity index (χ3v) is 6.33. The lowest BCUT2D eigenvalue weighted by Gasteiger charge is -2.19. The standard InChI is InChI=1S/C25H29N3O3S/c1-6-30-19-10-7-9-18-15-20(31-23(18)19)24(29)28(12-8-11-27(4)5)25-26-22-17(3)13-16(2)14-21(22)32-25/h7,9-10,13-15H,6,8,11-12H2,1-5H3. The Kier molecular flexibility index (Phi) is 6.48. The summed E-state index contributed by atoms with van der Waals surface area (Å²) in [6.45, 7) is 8.04. The Bertz CT molecular complexity index is 1260. The van der Waals surface area contributed by atoms with Crippen LogP contribution in [-0.2, 0) is 0 Å². The van der Waals surface area contributed by atoms with Crippen LogP contribution in [0.15, 0.2) is 40.8 Å². The number of furan rings is 1. The highest BCUT2D eigenvalue weighted by atomic mass is 32.1. The first-order chi connectivity index (χ1) is 15.4. The molecule has 0 spiro atoms. The van der Waals surface area contributed by atoms with Gasteiger partial charge in [0.05, 0.1) is 16.8 Å². The average Bonchev–Trinajstić information content (AvgIpc) is 3.36. The number of thiazole rings is 1. The molecule has 0 atom stereocenters. The molecule has 2 aromatic carbocycles. The fraction of sp³-hybridized carbons (Fsp3) is 0.360. The van der Waals surface area contributed by atoms with Crippen LogP contribution in [0.4, 0.5) is 5.13 Å². The summed E-state index contributed by atoms with van der Waals surface area (Å²) in [4.78, 5) is 22.3. The highest BCUT2D eigenvalue weighted by Gasteiger charge is 2.25. The van der Waals surface area contributed by atoms with Crippen molar-refractivity contribution in [3.63, 3.8) is 0 Å². The monoisotopic (exact) mass is 451 g/mol. The van der Waals surface area contributed by atoms with Crippen LogP contribution in [0.2, 0.25) is 0 Å². The number of carbonyl (C=O) groups is 1. The van der Waals surface area contributed by atoms with Crippen molar-refractivity contribution in [3.05, 3.63) is 53.3 Å². The van der Waals surface area contributed by atoms with Gasteiger partial charge < -0.3 is 14.1 Å². The van der Waals surface area contributed by atoms with Crippen molar-refractivity contribution >= 4 is 43.6 Å². The Morgan fingerprint density at radius 1 is 1.16 bits per heavy atom. The molecule has 0 bridgehead atoms. The van der Waals surface area contributed by atoms with Gasteiger partial charge in [0.2, 0.25) is 0 Å². The molecule has 32 heavy (non-hydrogen) atoms. The van der Waals surface area contributed by atoms with E-state index in [1.165, 1.54) is 5.56 Å². The van der Waals surface area contributed by atoms with Gasteiger partial charge >= 0.3 is 0 Å². The smallest absolute Gasteiger partial charge is 0.295 e. The van der Waals surface area contributed by atoms with Gasteiger partial charge in [0, 0.05) is 11.9 Å². The lowest BCUT2D eigenvalue weighted by atomic mass is 10.1. The van der Waals surface area contributed by atoms with Crippen LogP contribution in [0.1, 0.15) is 35.0 Å². The van der Waals surface area contributed by atoms with Crippen molar-refractivity contribution in [1.29, 1.82) is 0 Å². The molecule has 6 nitrogen and oxygen atoms in total. The van der Waals surface area contributed by atoms with E-state index < -0.39 is 0 Å². The van der Waals surface area contributed by atoms with Crippen LogP contribution in [-0.4, -0.2) is 49.6 Å². The van der Waals surface area contributed by atoms with Crippen molar-refractivity contribution in [2.24, 2.45) is 0 Å². The number of nitrogens with zero attached hydrogens (tertiary/aromatic N) is 3. The maximum atomic E-state index is 13.6. The van der Waals surface area contributed by atoms with E-state index in [-0.39, 0.29) is 5.91 Å². The van der Waals surface area contributed by atoms with Crippen LogP contribution >= 0.6 is 11.3 Å². The van der Waals surface area contributed by atoms with E-state index in [2.05, 4.69) is 30.9 Å². The van der Waals surface area contributed by atoms with Crippen molar-refractivity contribution in [3.8, 4) is 5.75 Å². The molecule has 0 saturated heterocycles. The number of aromatic nitrogens is 1. The molecule has 0 aliphatic rings. The molecule has 2 heterocycles. The van der Waals surface area contributed by atoms with Crippen molar-refractivity contribution in [1.82, 2.24) is 9.88 Å². The minimum absolute atomic E-state index is 0.184. The van der Waals surface area contributed by atoms with E-state index in [0.717, 1.165) is 34.1 Å². The molecular weight excluding hydrogens is 422 g/mol. The van der Waals surface area contributed by atoms with Gasteiger partial charge in [0.25, 0.3) is 5.91 Å². The first-order valence-corrected chi connectivity index (χ1v) is 11.7. The molecule has 0 radical (unpaired) electrons. The number of hydrogen-bond acceptors (Lipinski definition) is 6. The molecule has 0 aliphatic heterocycles. The number of hydrogen-bond donors (Lipinski definition) is 0. The van der Waals surface area contributed by atoms with Crippen molar-refractivity contribution in [2.45, 2.75) is 27.2 Å². The first-order valence-electron chi connectivity index (χ1n) is 10.9. The molecule has 7 heteroatoms. The normalized spacial score (nSPS) is 11.6. The fourth-order valence-electron chi connectivity index (χ4n) is 3.85. The number of para-hydroxylation sites is 1. The molecule has 2 aromatic heterocycles. The topological polar surface area (TPSA) is 58.8 Å². The van der Waals surface area contributed by atoms with Gasteiger partial charge in [-0.05, 0) is 77.2 Å². The third-order valence-electron chi connectivity index (χ3n) is 5.30. The van der Waals surface area contributed by atoms with Gasteiger partial charge in [-0.25, -0.2) is 4.98 Å². The number of aryl methyl sites for hydroxylation is 2. The molecule has 1 amide bonds. The molecule has 0 unspecified atom stereocenters. The fourth-order valence-corrected chi connectivity index (χ4v) is 5.01. The van der Waals surface area contributed by atoms with Gasteiger partial charge in [-0.3, -0.25) is 9.69 Å². The second kappa shape index (κ2) is 9.30. The second-order valence-corrected chi connectivity index (χ2v) is 9.27. The lowest BCUT2D eigenvalue weighted by Crippen LogP contribution is -2.33. The Balaban J connectivity index is 1.73. The summed E-state index contributed by atoms with van der Waals surface area (Å²) in [6.07, 6.45) is 0.830. The van der Waals surface area contributed by atoms with Crippen molar-refractivity contribution in [2.75, 3.05) is 38.7 Å². The number of ether oxygens (including phenoxy) is 1.